The van der Waals surface area contributed by atoms with Crippen LogP contribution in [0.3, 0.4) is 0 Å². The summed E-state index contributed by atoms with van der Waals surface area (Å²) in [5.41, 5.74) is 2.38. The number of aromatic nitrogens is 3. The molecule has 3 aromatic rings. The number of anilines is 1. The largest absolute Gasteiger partial charge is 0.480 e. The number of hydrogen-bond acceptors (Lipinski definition) is 7. The molecule has 28 heavy (non-hydrogen) atoms. The Bertz CT molecular complexity index is 909. The van der Waals surface area contributed by atoms with Gasteiger partial charge in [0.05, 0.1) is 30.2 Å². The molecule has 0 spiro atoms. The summed E-state index contributed by atoms with van der Waals surface area (Å²) in [5, 5.41) is 4.08. The molecule has 0 atom stereocenters. The van der Waals surface area contributed by atoms with E-state index >= 15 is 0 Å². The number of thiazole rings is 1. The van der Waals surface area contributed by atoms with Gasteiger partial charge in [-0.3, -0.25) is 9.88 Å². The van der Waals surface area contributed by atoms with Gasteiger partial charge in [0.2, 0.25) is 5.88 Å². The van der Waals surface area contributed by atoms with E-state index in [0.29, 0.717) is 5.88 Å². The van der Waals surface area contributed by atoms with Gasteiger partial charge in [0.15, 0.2) is 5.82 Å². The number of nitrogens with zero attached hydrogens (tertiary/aromatic N) is 5. The number of rotatable bonds is 6. The molecule has 0 aliphatic carbocycles. The van der Waals surface area contributed by atoms with E-state index in [1.807, 2.05) is 12.1 Å². The number of halogens is 1. The van der Waals surface area contributed by atoms with Crippen LogP contribution in [0.25, 0.3) is 0 Å². The summed E-state index contributed by atoms with van der Waals surface area (Å²) in [6, 6.07) is 7.98. The molecular weight excluding hydrogens is 394 g/mol. The first-order chi connectivity index (χ1) is 13.7. The fourth-order valence-corrected chi connectivity index (χ4v) is 4.18. The highest BCUT2D eigenvalue weighted by Crippen LogP contribution is 2.20. The minimum absolute atomic E-state index is 0.551. The summed E-state index contributed by atoms with van der Waals surface area (Å²) in [4.78, 5) is 18.2. The molecule has 0 N–H and O–H groups in total. The quantitative estimate of drug-likeness (QED) is 0.614. The van der Waals surface area contributed by atoms with Gasteiger partial charge < -0.3 is 9.64 Å². The molecule has 0 radical (unpaired) electrons. The van der Waals surface area contributed by atoms with Crippen molar-refractivity contribution < 1.29 is 4.74 Å². The molecule has 0 bridgehead atoms. The zero-order valence-electron chi connectivity index (χ0n) is 15.7. The molecule has 1 saturated heterocycles. The maximum absolute atomic E-state index is 5.96. The second-order valence-electron chi connectivity index (χ2n) is 6.72. The van der Waals surface area contributed by atoms with E-state index in [1.54, 1.807) is 30.8 Å². The van der Waals surface area contributed by atoms with Crippen molar-refractivity contribution in [1.82, 2.24) is 19.9 Å². The van der Waals surface area contributed by atoms with Crippen molar-refractivity contribution in [3.05, 3.63) is 63.3 Å². The smallest absolute Gasteiger partial charge is 0.233 e. The number of hydrogen-bond donors (Lipinski definition) is 0. The maximum Gasteiger partial charge on any atom is 0.233 e. The van der Waals surface area contributed by atoms with Crippen molar-refractivity contribution in [2.75, 3.05) is 38.2 Å². The molecule has 0 saturated carbocycles. The van der Waals surface area contributed by atoms with Gasteiger partial charge >= 0.3 is 0 Å². The number of methoxy groups -OCH3 is 1. The van der Waals surface area contributed by atoms with Crippen molar-refractivity contribution in [3.63, 3.8) is 0 Å². The summed E-state index contributed by atoms with van der Waals surface area (Å²) < 4.78 is 5.17. The Morgan fingerprint density at radius 2 is 1.86 bits per heavy atom. The van der Waals surface area contributed by atoms with Crippen molar-refractivity contribution in [2.24, 2.45) is 0 Å². The normalized spacial score (nSPS) is 15.0. The van der Waals surface area contributed by atoms with Crippen LogP contribution in [0, 0.1) is 0 Å². The third-order valence-electron chi connectivity index (χ3n) is 4.76. The predicted octanol–water partition coefficient (Wildman–Crippen LogP) is 3.51. The molecule has 0 amide bonds. The average molecular weight is 416 g/mol. The Labute approximate surface area is 173 Å². The highest BCUT2D eigenvalue weighted by Gasteiger charge is 2.19. The summed E-state index contributed by atoms with van der Waals surface area (Å²) in [7, 11) is 1.61. The van der Waals surface area contributed by atoms with E-state index in [1.165, 1.54) is 5.56 Å². The molecule has 0 unspecified atom stereocenters. The Balaban J connectivity index is 1.30. The van der Waals surface area contributed by atoms with Crippen LogP contribution < -0.4 is 9.64 Å². The lowest BCUT2D eigenvalue weighted by atomic mass is 10.2. The average Bonchev–Trinajstić information content (AvgIpc) is 3.17. The Morgan fingerprint density at radius 3 is 2.61 bits per heavy atom. The summed E-state index contributed by atoms with van der Waals surface area (Å²) in [6.07, 6.45) is 4.27. The zero-order valence-corrected chi connectivity index (χ0v) is 17.3. The van der Waals surface area contributed by atoms with Gasteiger partial charge in [0.1, 0.15) is 0 Å². The molecule has 1 aromatic carbocycles. The van der Waals surface area contributed by atoms with Crippen LogP contribution in [-0.2, 0) is 13.0 Å². The van der Waals surface area contributed by atoms with Gasteiger partial charge in [0.25, 0.3) is 0 Å². The lowest BCUT2D eigenvalue weighted by Gasteiger charge is -2.34. The second-order valence-corrected chi connectivity index (χ2v) is 8.10. The first kappa shape index (κ1) is 19.1. The van der Waals surface area contributed by atoms with Crippen LogP contribution >= 0.6 is 22.9 Å². The summed E-state index contributed by atoms with van der Waals surface area (Å²) in [6.45, 7) is 4.67. The third-order valence-corrected chi connectivity index (χ3v) is 5.91. The molecule has 3 heterocycles. The van der Waals surface area contributed by atoms with Gasteiger partial charge in [-0.1, -0.05) is 23.7 Å². The lowest BCUT2D eigenvalue weighted by molar-refractivity contribution is 0.246. The van der Waals surface area contributed by atoms with Gasteiger partial charge in [-0.25, -0.2) is 4.98 Å². The molecular formula is C20H22ClN5OS. The lowest BCUT2D eigenvalue weighted by Crippen LogP contribution is -2.46. The SMILES string of the molecule is COc1cncc(N2CCN(Cc3csc(Cc4ccc(Cl)cc4)n3)CC2)n1. The summed E-state index contributed by atoms with van der Waals surface area (Å²) >= 11 is 7.68. The van der Waals surface area contributed by atoms with E-state index in [9.17, 15) is 0 Å². The maximum atomic E-state index is 5.96. The fraction of sp³-hybridized carbons (Fsp3) is 0.350. The van der Waals surface area contributed by atoms with Crippen molar-refractivity contribution in [3.8, 4) is 5.88 Å². The first-order valence-electron chi connectivity index (χ1n) is 9.20. The molecule has 1 aliphatic heterocycles. The van der Waals surface area contributed by atoms with Crippen molar-refractivity contribution in [2.45, 2.75) is 13.0 Å². The molecule has 1 fully saturated rings. The highest BCUT2D eigenvalue weighted by molar-refractivity contribution is 7.09. The monoisotopic (exact) mass is 415 g/mol. The molecule has 2 aromatic heterocycles. The van der Waals surface area contributed by atoms with Crippen LogP contribution in [0.4, 0.5) is 5.82 Å². The van der Waals surface area contributed by atoms with Gasteiger partial charge in [0, 0.05) is 49.5 Å². The van der Waals surface area contributed by atoms with Crippen molar-refractivity contribution >= 4 is 28.8 Å². The van der Waals surface area contributed by atoms with Crippen LogP contribution in [0.5, 0.6) is 5.88 Å². The predicted molar refractivity (Wildman–Crippen MR) is 112 cm³/mol. The minimum atomic E-state index is 0.551. The van der Waals surface area contributed by atoms with Crippen LogP contribution in [-0.4, -0.2) is 53.1 Å². The first-order valence-corrected chi connectivity index (χ1v) is 10.5. The van der Waals surface area contributed by atoms with E-state index in [4.69, 9.17) is 21.3 Å². The van der Waals surface area contributed by atoms with Gasteiger partial charge in [-0.2, -0.15) is 4.98 Å². The number of piperazine rings is 1. The van der Waals surface area contributed by atoms with E-state index in [2.05, 4.69) is 37.3 Å². The third kappa shape index (κ3) is 4.79. The molecule has 1 aliphatic rings. The fourth-order valence-electron chi connectivity index (χ4n) is 3.23. The number of benzene rings is 1. The van der Waals surface area contributed by atoms with E-state index in [-0.39, 0.29) is 0 Å². The van der Waals surface area contributed by atoms with Crippen LogP contribution in [0.1, 0.15) is 16.3 Å². The number of ether oxygens (including phenoxy) is 1. The Morgan fingerprint density at radius 1 is 1.07 bits per heavy atom. The van der Waals surface area contributed by atoms with E-state index < -0.39 is 0 Å². The molecule has 6 nitrogen and oxygen atoms in total. The molecule has 146 valence electrons. The van der Waals surface area contributed by atoms with Crippen LogP contribution in [0.2, 0.25) is 5.02 Å². The molecule has 4 rings (SSSR count). The Kier molecular flexibility index (Phi) is 6.04. The van der Waals surface area contributed by atoms with Gasteiger partial charge in [-0.15, -0.1) is 11.3 Å². The topological polar surface area (TPSA) is 54.4 Å². The minimum Gasteiger partial charge on any atom is -0.480 e. The van der Waals surface area contributed by atoms with E-state index in [0.717, 1.165) is 60.7 Å². The highest BCUT2D eigenvalue weighted by atomic mass is 35.5. The standard InChI is InChI=1S/C20H22ClN5OS/c1-27-19-12-22-11-18(24-19)26-8-6-25(7-9-26)13-17-14-28-20(23-17)10-15-2-4-16(21)5-3-15/h2-5,11-12,14H,6-10,13H2,1H3. The zero-order chi connectivity index (χ0) is 19.3. The Hall–Kier alpha value is -2.22. The van der Waals surface area contributed by atoms with Gasteiger partial charge in [-0.05, 0) is 17.7 Å². The summed E-state index contributed by atoms with van der Waals surface area (Å²) in [5.74, 6) is 1.42. The van der Waals surface area contributed by atoms with Crippen LogP contribution in [0.15, 0.2) is 42.0 Å². The molecule has 8 heteroatoms. The van der Waals surface area contributed by atoms with Crippen molar-refractivity contribution in [1.29, 1.82) is 0 Å². The second kappa shape index (κ2) is 8.86.